The van der Waals surface area contributed by atoms with Crippen molar-refractivity contribution in [2.24, 2.45) is 34.1 Å². The van der Waals surface area contributed by atoms with Gasteiger partial charge in [0.25, 0.3) is 0 Å². The van der Waals surface area contributed by atoms with E-state index in [1.54, 1.807) is 0 Å². The van der Waals surface area contributed by atoms with E-state index in [-0.39, 0.29) is 34.5 Å². The molecule has 1 heterocycles. The van der Waals surface area contributed by atoms with Crippen molar-refractivity contribution in [3.05, 3.63) is 11.8 Å². The number of likely N-dealkylation sites (tertiary alicyclic amines) is 1. The van der Waals surface area contributed by atoms with Gasteiger partial charge in [0, 0.05) is 37.5 Å². The smallest absolute Gasteiger partial charge is 0.218 e. The summed E-state index contributed by atoms with van der Waals surface area (Å²) in [4.78, 5) is 25.8. The number of piperidine rings is 1. The van der Waals surface area contributed by atoms with Gasteiger partial charge in [-0.1, -0.05) is 33.8 Å². The second kappa shape index (κ2) is 6.77. The van der Waals surface area contributed by atoms with E-state index in [2.05, 4.69) is 38.7 Å². The fourth-order valence-electron chi connectivity index (χ4n) is 4.92. The number of carbonyl (C=O) groups is 2. The Morgan fingerprint density at radius 2 is 1.58 bits per heavy atom. The molecule has 5 heteroatoms. The first-order valence-corrected chi connectivity index (χ1v) is 9.10. The molecule has 1 saturated heterocycles. The molecule has 2 rings (SSSR count). The van der Waals surface area contributed by atoms with Crippen LogP contribution in [0.15, 0.2) is 11.8 Å². The van der Waals surface area contributed by atoms with Crippen molar-refractivity contribution in [2.75, 3.05) is 13.1 Å². The Morgan fingerprint density at radius 1 is 1.04 bits per heavy atom. The van der Waals surface area contributed by atoms with Gasteiger partial charge >= 0.3 is 0 Å². The third-order valence-electron chi connectivity index (χ3n) is 6.10. The van der Waals surface area contributed by atoms with Gasteiger partial charge in [-0.25, -0.2) is 0 Å². The zero-order valence-electron chi connectivity index (χ0n) is 15.6. The molecule has 0 aromatic heterocycles. The van der Waals surface area contributed by atoms with Crippen LogP contribution in [0, 0.1) is 22.7 Å². The molecule has 136 valence electrons. The third-order valence-corrected chi connectivity index (χ3v) is 6.10. The molecule has 2 atom stereocenters. The van der Waals surface area contributed by atoms with Crippen LogP contribution in [0.2, 0.25) is 0 Å². The SMILES string of the molecule is CC1(C)C=C(N2CCCCC2)C(CC(N)=O)C(C)(C)C1CC(N)=O. The van der Waals surface area contributed by atoms with Crippen LogP contribution in [0.3, 0.4) is 0 Å². The molecular formula is C19H33N3O2. The number of hydrogen-bond donors (Lipinski definition) is 2. The zero-order chi connectivity index (χ0) is 18.1. The van der Waals surface area contributed by atoms with Gasteiger partial charge in [0.1, 0.15) is 0 Å². The average Bonchev–Trinajstić information content (AvgIpc) is 2.47. The van der Waals surface area contributed by atoms with Gasteiger partial charge in [0.15, 0.2) is 0 Å². The summed E-state index contributed by atoms with van der Waals surface area (Å²) in [5, 5.41) is 0. The van der Waals surface area contributed by atoms with Crippen LogP contribution in [-0.2, 0) is 9.59 Å². The van der Waals surface area contributed by atoms with E-state index >= 15 is 0 Å². The molecule has 2 unspecified atom stereocenters. The Hall–Kier alpha value is -1.52. The van der Waals surface area contributed by atoms with Crippen molar-refractivity contribution in [3.8, 4) is 0 Å². The highest BCUT2D eigenvalue weighted by Gasteiger charge is 2.51. The van der Waals surface area contributed by atoms with E-state index in [1.165, 1.54) is 25.0 Å². The minimum Gasteiger partial charge on any atom is -0.375 e. The van der Waals surface area contributed by atoms with Crippen LogP contribution in [-0.4, -0.2) is 29.8 Å². The topological polar surface area (TPSA) is 89.4 Å². The van der Waals surface area contributed by atoms with Crippen LogP contribution < -0.4 is 11.5 Å². The Labute approximate surface area is 145 Å². The second-order valence-corrected chi connectivity index (χ2v) is 8.71. The molecule has 24 heavy (non-hydrogen) atoms. The normalized spacial score (nSPS) is 29.0. The van der Waals surface area contributed by atoms with Gasteiger partial charge in [0.05, 0.1) is 0 Å². The first kappa shape index (κ1) is 18.8. The van der Waals surface area contributed by atoms with Gasteiger partial charge in [-0.05, 0) is 36.0 Å². The number of nitrogens with zero attached hydrogens (tertiary/aromatic N) is 1. The summed E-state index contributed by atoms with van der Waals surface area (Å²) in [6.07, 6.45) is 6.57. The molecule has 0 saturated carbocycles. The van der Waals surface area contributed by atoms with Crippen molar-refractivity contribution in [1.82, 2.24) is 4.90 Å². The van der Waals surface area contributed by atoms with Crippen LogP contribution in [0.25, 0.3) is 0 Å². The summed E-state index contributed by atoms with van der Waals surface area (Å²) in [5.74, 6) is -0.451. The summed E-state index contributed by atoms with van der Waals surface area (Å²) < 4.78 is 0. The van der Waals surface area contributed by atoms with Crippen molar-refractivity contribution in [3.63, 3.8) is 0 Å². The van der Waals surface area contributed by atoms with Crippen LogP contribution in [0.4, 0.5) is 0 Å². The standard InChI is InChI=1S/C19H33N3O2/c1-18(2)12-14(22-8-6-5-7-9-22)13(10-16(20)23)19(3,4)15(18)11-17(21)24/h12-13,15H,5-11H2,1-4H3,(H2,20,23)(H2,21,24). The number of nitrogens with two attached hydrogens (primary N) is 2. The van der Waals surface area contributed by atoms with Crippen molar-refractivity contribution in [1.29, 1.82) is 0 Å². The molecule has 2 amide bonds. The Bertz CT molecular complexity index is 531. The highest BCUT2D eigenvalue weighted by molar-refractivity contribution is 5.75. The molecule has 0 spiro atoms. The lowest BCUT2D eigenvalue weighted by atomic mass is 9.53. The molecule has 5 nitrogen and oxygen atoms in total. The molecule has 0 aromatic rings. The summed E-state index contributed by atoms with van der Waals surface area (Å²) in [6, 6.07) is 0. The molecular weight excluding hydrogens is 302 g/mol. The van der Waals surface area contributed by atoms with Crippen LogP contribution >= 0.6 is 0 Å². The molecule has 0 radical (unpaired) electrons. The first-order valence-electron chi connectivity index (χ1n) is 9.10. The lowest BCUT2D eigenvalue weighted by Crippen LogP contribution is -2.51. The molecule has 1 fully saturated rings. The molecule has 2 aliphatic rings. The van der Waals surface area contributed by atoms with Gasteiger partial charge < -0.3 is 16.4 Å². The summed E-state index contributed by atoms with van der Waals surface area (Å²) in [7, 11) is 0. The predicted molar refractivity (Wildman–Crippen MR) is 95.7 cm³/mol. The molecule has 1 aliphatic heterocycles. The molecule has 0 aromatic carbocycles. The van der Waals surface area contributed by atoms with E-state index in [1.807, 2.05) is 0 Å². The van der Waals surface area contributed by atoms with Crippen LogP contribution in [0.1, 0.15) is 59.8 Å². The van der Waals surface area contributed by atoms with Crippen LogP contribution in [0.5, 0.6) is 0 Å². The predicted octanol–water partition coefficient (Wildman–Crippen LogP) is 2.41. The number of allylic oxidation sites excluding steroid dienone is 2. The third kappa shape index (κ3) is 3.76. The number of carbonyl (C=O) groups excluding carboxylic acids is 2. The first-order chi connectivity index (χ1) is 11.1. The quantitative estimate of drug-likeness (QED) is 0.808. The fourth-order valence-corrected chi connectivity index (χ4v) is 4.92. The lowest BCUT2D eigenvalue weighted by Gasteiger charge is -2.54. The lowest BCUT2D eigenvalue weighted by molar-refractivity contribution is -0.123. The zero-order valence-corrected chi connectivity index (χ0v) is 15.6. The monoisotopic (exact) mass is 335 g/mol. The van der Waals surface area contributed by atoms with Crippen molar-refractivity contribution in [2.45, 2.75) is 59.8 Å². The number of primary amides is 2. The van der Waals surface area contributed by atoms with E-state index in [9.17, 15) is 9.59 Å². The van der Waals surface area contributed by atoms with E-state index in [0.29, 0.717) is 12.8 Å². The Kier molecular flexibility index (Phi) is 5.31. The van der Waals surface area contributed by atoms with Gasteiger partial charge in [-0.3, -0.25) is 9.59 Å². The maximum absolute atomic E-state index is 11.8. The second-order valence-electron chi connectivity index (χ2n) is 8.71. The Morgan fingerprint density at radius 3 is 2.08 bits per heavy atom. The maximum atomic E-state index is 11.8. The fraction of sp³-hybridized carbons (Fsp3) is 0.789. The summed E-state index contributed by atoms with van der Waals surface area (Å²) in [5.41, 5.74) is 12.0. The van der Waals surface area contributed by atoms with Crippen molar-refractivity contribution < 1.29 is 9.59 Å². The molecule has 4 N–H and O–H groups in total. The summed E-state index contributed by atoms with van der Waals surface area (Å²) >= 11 is 0. The number of hydrogen-bond acceptors (Lipinski definition) is 3. The molecule has 1 aliphatic carbocycles. The Balaban J connectivity index is 2.47. The maximum Gasteiger partial charge on any atom is 0.218 e. The minimum absolute atomic E-state index is 0.0328. The largest absolute Gasteiger partial charge is 0.375 e. The van der Waals surface area contributed by atoms with Crippen molar-refractivity contribution >= 4 is 11.8 Å². The highest BCUT2D eigenvalue weighted by Crippen LogP contribution is 2.55. The van der Waals surface area contributed by atoms with E-state index in [0.717, 1.165) is 13.1 Å². The van der Waals surface area contributed by atoms with E-state index in [4.69, 9.17) is 11.5 Å². The number of amides is 2. The molecule has 0 bridgehead atoms. The highest BCUT2D eigenvalue weighted by atomic mass is 16.1. The average molecular weight is 335 g/mol. The minimum atomic E-state index is -0.284. The van der Waals surface area contributed by atoms with Gasteiger partial charge in [-0.2, -0.15) is 0 Å². The van der Waals surface area contributed by atoms with E-state index < -0.39 is 0 Å². The summed E-state index contributed by atoms with van der Waals surface area (Å²) in [6.45, 7) is 10.7. The van der Waals surface area contributed by atoms with Gasteiger partial charge in [-0.15, -0.1) is 0 Å². The number of rotatable bonds is 5. The van der Waals surface area contributed by atoms with Gasteiger partial charge in [0.2, 0.25) is 11.8 Å².